The number of fused-ring (bicyclic) bond motifs is 1. The zero-order valence-electron chi connectivity index (χ0n) is 20.9. The third-order valence-corrected chi connectivity index (χ3v) is 9.15. The maximum atomic E-state index is 14.4. The molecule has 5 nitrogen and oxygen atoms in total. The maximum absolute atomic E-state index is 14.4. The Bertz CT molecular complexity index is 1340. The van der Waals surface area contributed by atoms with Crippen molar-refractivity contribution in [3.8, 4) is 0 Å². The Morgan fingerprint density at radius 1 is 1.13 bits per heavy atom. The number of para-hydroxylation sites is 1. The molecule has 39 heavy (non-hydrogen) atoms. The number of halogens is 6. The van der Waals surface area contributed by atoms with E-state index in [1.807, 2.05) is 24.3 Å². The molecule has 1 fully saturated rings. The summed E-state index contributed by atoms with van der Waals surface area (Å²) in [7, 11) is 0. The molecule has 4 rings (SSSR count). The molecular weight excluding hydrogens is 596 g/mol. The van der Waals surface area contributed by atoms with Crippen molar-refractivity contribution in [2.75, 3.05) is 19.0 Å². The van der Waals surface area contributed by atoms with Crippen LogP contribution in [0.4, 0.5) is 18.0 Å². The molecule has 0 spiro atoms. The lowest BCUT2D eigenvalue weighted by Gasteiger charge is -2.39. The van der Waals surface area contributed by atoms with Crippen LogP contribution in [0.1, 0.15) is 30.9 Å². The molecule has 0 bridgehead atoms. The lowest BCUT2D eigenvalue weighted by atomic mass is 9.84. The van der Waals surface area contributed by atoms with E-state index in [0.29, 0.717) is 10.5 Å². The molecule has 0 saturated carbocycles. The monoisotopic (exact) mass is 620 g/mol. The van der Waals surface area contributed by atoms with Gasteiger partial charge in [0.15, 0.2) is 5.60 Å². The Labute approximate surface area is 243 Å². The zero-order chi connectivity index (χ0) is 28.4. The van der Waals surface area contributed by atoms with E-state index in [1.54, 1.807) is 18.2 Å². The summed E-state index contributed by atoms with van der Waals surface area (Å²) in [6.45, 7) is 1.67. The lowest BCUT2D eigenvalue weighted by Crippen LogP contribution is -2.51. The van der Waals surface area contributed by atoms with Crippen molar-refractivity contribution in [3.05, 3.63) is 65.7 Å². The molecular formula is C27H26Cl3F3N2O3S. The highest BCUT2D eigenvalue weighted by atomic mass is 35.5. The highest BCUT2D eigenvalue weighted by Gasteiger charge is 2.42. The summed E-state index contributed by atoms with van der Waals surface area (Å²) in [5.41, 5.74) is -2.89. The zero-order valence-corrected chi connectivity index (χ0v) is 23.9. The van der Waals surface area contributed by atoms with Crippen molar-refractivity contribution in [2.24, 2.45) is 0 Å². The number of likely N-dealkylation sites (tertiary alicyclic amines) is 1. The van der Waals surface area contributed by atoms with Crippen molar-refractivity contribution in [3.63, 3.8) is 0 Å². The van der Waals surface area contributed by atoms with Gasteiger partial charge in [0.2, 0.25) is 0 Å². The van der Waals surface area contributed by atoms with E-state index in [1.165, 1.54) is 24.0 Å². The molecule has 1 saturated heterocycles. The molecule has 2 aromatic carbocycles. The van der Waals surface area contributed by atoms with Gasteiger partial charge in [-0.25, -0.2) is 9.78 Å². The number of aliphatic hydroxyl groups is 1. The molecule has 1 aromatic heterocycles. The molecule has 0 radical (unpaired) electrons. The van der Waals surface area contributed by atoms with Gasteiger partial charge in [-0.1, -0.05) is 48.2 Å². The first-order valence-electron chi connectivity index (χ1n) is 12.1. The van der Waals surface area contributed by atoms with Gasteiger partial charge in [0, 0.05) is 29.8 Å². The summed E-state index contributed by atoms with van der Waals surface area (Å²) < 4.78 is 48.4. The Kier molecular flexibility index (Phi) is 9.18. The molecule has 210 valence electrons. The van der Waals surface area contributed by atoms with E-state index >= 15 is 0 Å². The number of benzene rings is 2. The summed E-state index contributed by atoms with van der Waals surface area (Å²) in [5.74, 6) is -0.127. The van der Waals surface area contributed by atoms with Crippen molar-refractivity contribution < 1.29 is 27.8 Å². The largest absolute Gasteiger partial charge is 0.439 e. The normalized spacial score (nSPS) is 17.3. The number of hydrogen-bond donors (Lipinski definition) is 1. The third-order valence-electron chi connectivity index (χ3n) is 6.70. The standard InChI is InChI=1S/C27H26Cl3F3N2O3S/c1-25(16-28,23(29)30)38-24(36)35-13-11-26(37,12-14-35)15-18-6-4-8-20(22(18)27(31,32)33)39-21-10-9-17-5-2-3-7-19(17)34-21/h2-10,23,37H,11-16H2,1H3. The molecule has 2 heterocycles. The van der Waals surface area contributed by atoms with E-state index in [9.17, 15) is 23.1 Å². The third kappa shape index (κ3) is 7.06. The minimum absolute atomic E-state index is 0.00413. The molecule has 3 aromatic rings. The average molecular weight is 622 g/mol. The Morgan fingerprint density at radius 2 is 1.82 bits per heavy atom. The molecule has 12 heteroatoms. The lowest BCUT2D eigenvalue weighted by molar-refractivity contribution is -0.140. The van der Waals surface area contributed by atoms with Gasteiger partial charge in [0.1, 0.15) is 9.86 Å². The van der Waals surface area contributed by atoms with E-state index in [0.717, 1.165) is 17.1 Å². The van der Waals surface area contributed by atoms with Crippen molar-refractivity contribution in [1.29, 1.82) is 0 Å². The molecule has 1 atom stereocenters. The van der Waals surface area contributed by atoms with E-state index in [4.69, 9.17) is 39.5 Å². The molecule has 1 aliphatic heterocycles. The van der Waals surface area contributed by atoms with Crippen LogP contribution in [0.15, 0.2) is 64.5 Å². The highest BCUT2D eigenvalue weighted by Crippen LogP contribution is 2.43. The Hall–Kier alpha value is -1.91. The predicted octanol–water partition coefficient (Wildman–Crippen LogP) is 7.71. The topological polar surface area (TPSA) is 62.7 Å². The van der Waals surface area contributed by atoms with Gasteiger partial charge < -0.3 is 14.7 Å². The first-order valence-corrected chi connectivity index (χ1v) is 14.3. The number of piperidine rings is 1. The highest BCUT2D eigenvalue weighted by molar-refractivity contribution is 7.99. The Morgan fingerprint density at radius 3 is 2.46 bits per heavy atom. The second-order valence-corrected chi connectivity index (χ2v) is 12.2. The van der Waals surface area contributed by atoms with Gasteiger partial charge in [-0.2, -0.15) is 13.2 Å². The second-order valence-electron chi connectivity index (χ2n) is 9.74. The van der Waals surface area contributed by atoms with E-state index < -0.39 is 33.9 Å². The fraction of sp³-hybridized carbons (Fsp3) is 0.407. The molecule has 1 unspecified atom stereocenters. The minimum atomic E-state index is -4.65. The van der Waals surface area contributed by atoms with Gasteiger partial charge in [-0.3, -0.25) is 0 Å². The summed E-state index contributed by atoms with van der Waals surface area (Å²) in [6.07, 6.45) is -5.46. The summed E-state index contributed by atoms with van der Waals surface area (Å²) in [5, 5.41) is 12.6. The summed E-state index contributed by atoms with van der Waals surface area (Å²) in [4.78, 5) is 17.4. The number of aromatic nitrogens is 1. The van der Waals surface area contributed by atoms with Gasteiger partial charge in [0.25, 0.3) is 0 Å². The summed E-state index contributed by atoms with van der Waals surface area (Å²) >= 11 is 18.6. The molecule has 1 aliphatic rings. The van der Waals surface area contributed by atoms with Crippen molar-refractivity contribution in [1.82, 2.24) is 9.88 Å². The van der Waals surface area contributed by atoms with Gasteiger partial charge >= 0.3 is 12.3 Å². The Balaban J connectivity index is 1.51. The number of hydrogen-bond acceptors (Lipinski definition) is 5. The fourth-order valence-electron chi connectivity index (χ4n) is 4.38. The second kappa shape index (κ2) is 11.9. The van der Waals surface area contributed by atoms with Crippen LogP contribution in [0.3, 0.4) is 0 Å². The number of carbonyl (C=O) groups excluding carboxylic acids is 1. The van der Waals surface area contributed by atoms with E-state index in [2.05, 4.69) is 4.98 Å². The quantitative estimate of drug-likeness (QED) is 0.274. The number of amides is 1. The van der Waals surface area contributed by atoms with E-state index in [-0.39, 0.29) is 48.7 Å². The molecule has 0 aliphatic carbocycles. The molecule has 1 N–H and O–H groups in total. The van der Waals surface area contributed by atoms with Crippen LogP contribution in [0, 0.1) is 0 Å². The maximum Gasteiger partial charge on any atom is 0.417 e. The minimum Gasteiger partial charge on any atom is -0.439 e. The van der Waals surface area contributed by atoms with Crippen LogP contribution in [0.2, 0.25) is 0 Å². The number of carbonyl (C=O) groups is 1. The van der Waals surface area contributed by atoms with Crippen molar-refractivity contribution >= 4 is 63.6 Å². The SMILES string of the molecule is CC(CCl)(OC(=O)N1CCC(O)(Cc2cccc(Sc3ccc4ccccc4n3)c2C(F)(F)F)CC1)C(Cl)Cl. The smallest absolute Gasteiger partial charge is 0.417 e. The number of nitrogens with zero attached hydrogens (tertiary/aromatic N) is 2. The predicted molar refractivity (Wildman–Crippen MR) is 148 cm³/mol. The van der Waals surface area contributed by atoms with Crippen molar-refractivity contribution in [2.45, 2.75) is 58.3 Å². The molecule has 1 amide bonds. The van der Waals surface area contributed by atoms with Crippen LogP contribution in [0.5, 0.6) is 0 Å². The number of ether oxygens (including phenoxy) is 1. The number of pyridine rings is 1. The fourth-order valence-corrected chi connectivity index (χ4v) is 5.99. The number of rotatable bonds is 7. The van der Waals surface area contributed by atoms with Crippen LogP contribution in [0.25, 0.3) is 10.9 Å². The summed E-state index contributed by atoms with van der Waals surface area (Å²) in [6, 6.07) is 15.2. The van der Waals surface area contributed by atoms with Gasteiger partial charge in [-0.05, 0) is 43.5 Å². The van der Waals surface area contributed by atoms with Gasteiger partial charge in [-0.15, -0.1) is 34.8 Å². The van der Waals surface area contributed by atoms with Crippen LogP contribution in [-0.2, 0) is 17.3 Å². The van der Waals surface area contributed by atoms with Crippen LogP contribution >= 0.6 is 46.6 Å². The first-order chi connectivity index (χ1) is 18.3. The van der Waals surface area contributed by atoms with Crippen LogP contribution < -0.4 is 0 Å². The van der Waals surface area contributed by atoms with Crippen LogP contribution in [-0.4, -0.2) is 56.1 Å². The average Bonchev–Trinajstić information content (AvgIpc) is 2.88. The first kappa shape index (κ1) is 30.1. The van der Waals surface area contributed by atoms with Gasteiger partial charge in [0.05, 0.1) is 22.6 Å². The number of alkyl halides is 6.